The summed E-state index contributed by atoms with van der Waals surface area (Å²) in [5.74, 6) is 1.81. The van der Waals surface area contributed by atoms with Crippen molar-refractivity contribution in [1.29, 1.82) is 0 Å². The number of benzene rings is 1. The van der Waals surface area contributed by atoms with E-state index < -0.39 is 0 Å². The van der Waals surface area contributed by atoms with Gasteiger partial charge in [-0.1, -0.05) is 0 Å². The molecule has 2 aromatic rings. The van der Waals surface area contributed by atoms with E-state index in [1.807, 2.05) is 25.5 Å². The molecule has 1 aromatic carbocycles. The standard InChI is InChI=1S/C16H23FN6O/c1-4-18-16(20-10-15-22-21-11-23(15)3)19-9-12(2)24-14-7-5-13(17)6-8-14/h5-8,11-12H,4,9-10H2,1-3H3,(H2,18,19,20). The average Bonchev–Trinajstić information content (AvgIpc) is 2.97. The number of aryl methyl sites for hydroxylation is 1. The van der Waals surface area contributed by atoms with Crippen molar-refractivity contribution in [2.75, 3.05) is 13.1 Å². The van der Waals surface area contributed by atoms with Gasteiger partial charge in [0.25, 0.3) is 0 Å². The Morgan fingerprint density at radius 1 is 1.33 bits per heavy atom. The predicted molar refractivity (Wildman–Crippen MR) is 90.3 cm³/mol. The zero-order valence-electron chi connectivity index (χ0n) is 14.2. The molecule has 1 atom stereocenters. The molecule has 24 heavy (non-hydrogen) atoms. The normalized spacial score (nSPS) is 12.8. The van der Waals surface area contributed by atoms with Gasteiger partial charge in [0, 0.05) is 13.6 Å². The van der Waals surface area contributed by atoms with Gasteiger partial charge >= 0.3 is 0 Å². The van der Waals surface area contributed by atoms with Crippen molar-refractivity contribution in [2.45, 2.75) is 26.5 Å². The third-order valence-corrected chi connectivity index (χ3v) is 3.24. The van der Waals surface area contributed by atoms with Crippen LogP contribution in [0.3, 0.4) is 0 Å². The molecule has 2 N–H and O–H groups in total. The molecule has 0 bridgehead atoms. The first-order chi connectivity index (χ1) is 11.6. The highest BCUT2D eigenvalue weighted by molar-refractivity contribution is 5.79. The van der Waals surface area contributed by atoms with Gasteiger partial charge in [0.05, 0.1) is 6.54 Å². The molecule has 0 aliphatic carbocycles. The molecule has 7 nitrogen and oxygen atoms in total. The van der Waals surface area contributed by atoms with E-state index in [-0.39, 0.29) is 11.9 Å². The van der Waals surface area contributed by atoms with E-state index in [9.17, 15) is 4.39 Å². The number of hydrogen-bond acceptors (Lipinski definition) is 4. The highest BCUT2D eigenvalue weighted by atomic mass is 19.1. The molecule has 0 aliphatic rings. The minimum absolute atomic E-state index is 0.103. The highest BCUT2D eigenvalue weighted by Gasteiger charge is 2.07. The third-order valence-electron chi connectivity index (χ3n) is 3.24. The van der Waals surface area contributed by atoms with Gasteiger partial charge in [-0.15, -0.1) is 10.2 Å². The fraction of sp³-hybridized carbons (Fsp3) is 0.438. The second-order valence-electron chi connectivity index (χ2n) is 5.32. The monoisotopic (exact) mass is 334 g/mol. The number of nitrogens with one attached hydrogen (secondary N) is 2. The average molecular weight is 334 g/mol. The number of guanidine groups is 1. The van der Waals surface area contributed by atoms with Crippen LogP contribution in [-0.2, 0) is 13.6 Å². The number of nitrogens with zero attached hydrogens (tertiary/aromatic N) is 4. The van der Waals surface area contributed by atoms with Crippen LogP contribution in [0.15, 0.2) is 35.6 Å². The lowest BCUT2D eigenvalue weighted by molar-refractivity contribution is 0.223. The van der Waals surface area contributed by atoms with Gasteiger partial charge in [-0.3, -0.25) is 0 Å². The summed E-state index contributed by atoms with van der Waals surface area (Å²) < 4.78 is 20.4. The summed E-state index contributed by atoms with van der Waals surface area (Å²) in [5, 5.41) is 14.2. The minimum atomic E-state index is -0.279. The molecule has 1 aromatic heterocycles. The lowest BCUT2D eigenvalue weighted by Crippen LogP contribution is -2.41. The Bertz CT molecular complexity index is 655. The number of rotatable bonds is 7. The largest absolute Gasteiger partial charge is 0.489 e. The van der Waals surface area contributed by atoms with Crippen molar-refractivity contribution in [2.24, 2.45) is 12.0 Å². The van der Waals surface area contributed by atoms with Crippen molar-refractivity contribution in [3.8, 4) is 5.75 Å². The molecule has 0 saturated heterocycles. The second-order valence-corrected chi connectivity index (χ2v) is 5.32. The molecule has 0 fully saturated rings. The van der Waals surface area contributed by atoms with Gasteiger partial charge in [-0.25, -0.2) is 9.38 Å². The van der Waals surface area contributed by atoms with E-state index in [2.05, 4.69) is 25.8 Å². The summed E-state index contributed by atoms with van der Waals surface area (Å²) in [7, 11) is 1.88. The zero-order valence-corrected chi connectivity index (χ0v) is 14.2. The molecule has 130 valence electrons. The van der Waals surface area contributed by atoms with Gasteiger partial charge in [0.1, 0.15) is 30.5 Å². The van der Waals surface area contributed by atoms with Crippen LogP contribution in [0.1, 0.15) is 19.7 Å². The van der Waals surface area contributed by atoms with E-state index in [4.69, 9.17) is 4.74 Å². The van der Waals surface area contributed by atoms with Crippen LogP contribution in [0.5, 0.6) is 5.75 Å². The van der Waals surface area contributed by atoms with Gasteiger partial charge in [-0.05, 0) is 38.1 Å². The van der Waals surface area contributed by atoms with Crippen LogP contribution in [-0.4, -0.2) is 39.9 Å². The first-order valence-corrected chi connectivity index (χ1v) is 7.85. The molecule has 0 amide bonds. The van der Waals surface area contributed by atoms with E-state index >= 15 is 0 Å². The minimum Gasteiger partial charge on any atom is -0.489 e. The third kappa shape index (κ3) is 5.53. The summed E-state index contributed by atoms with van der Waals surface area (Å²) in [6.45, 7) is 5.67. The molecule has 2 rings (SSSR count). The van der Waals surface area contributed by atoms with Gasteiger partial charge < -0.3 is 19.9 Å². The van der Waals surface area contributed by atoms with Crippen LogP contribution >= 0.6 is 0 Å². The molecule has 8 heteroatoms. The number of aliphatic imine (C=N–C) groups is 1. The van der Waals surface area contributed by atoms with Crippen molar-refractivity contribution >= 4 is 5.96 Å². The van der Waals surface area contributed by atoms with Crippen LogP contribution in [0.2, 0.25) is 0 Å². The lowest BCUT2D eigenvalue weighted by atomic mass is 10.3. The van der Waals surface area contributed by atoms with Gasteiger partial charge in [-0.2, -0.15) is 0 Å². The Kier molecular flexibility index (Phi) is 6.53. The summed E-state index contributed by atoms with van der Waals surface area (Å²) >= 11 is 0. The number of hydrogen-bond donors (Lipinski definition) is 2. The van der Waals surface area contributed by atoms with E-state index in [1.54, 1.807) is 18.5 Å². The zero-order chi connectivity index (χ0) is 17.4. The summed E-state index contributed by atoms with van der Waals surface area (Å²) in [6, 6.07) is 5.97. The fourth-order valence-corrected chi connectivity index (χ4v) is 1.97. The highest BCUT2D eigenvalue weighted by Crippen LogP contribution is 2.12. The Hall–Kier alpha value is -2.64. The summed E-state index contributed by atoms with van der Waals surface area (Å²) in [6.07, 6.45) is 1.54. The fourth-order valence-electron chi connectivity index (χ4n) is 1.97. The molecule has 0 spiro atoms. The van der Waals surface area contributed by atoms with Crippen molar-refractivity contribution < 1.29 is 9.13 Å². The molecule has 0 radical (unpaired) electrons. The first kappa shape index (κ1) is 17.7. The van der Waals surface area contributed by atoms with E-state index in [0.29, 0.717) is 24.8 Å². The first-order valence-electron chi connectivity index (χ1n) is 7.85. The van der Waals surface area contributed by atoms with Crippen molar-refractivity contribution in [3.63, 3.8) is 0 Å². The Morgan fingerprint density at radius 3 is 2.71 bits per heavy atom. The van der Waals surface area contributed by atoms with Gasteiger partial charge in [0.15, 0.2) is 11.8 Å². The number of aromatic nitrogens is 3. The maximum Gasteiger partial charge on any atom is 0.191 e. The summed E-state index contributed by atoms with van der Waals surface area (Å²) in [4.78, 5) is 4.47. The maximum absolute atomic E-state index is 12.9. The van der Waals surface area contributed by atoms with Crippen molar-refractivity contribution in [1.82, 2.24) is 25.4 Å². The predicted octanol–water partition coefficient (Wildman–Crippen LogP) is 1.48. The Labute approximate surface area is 141 Å². The SMILES string of the molecule is CCNC(=NCc1nncn1C)NCC(C)Oc1ccc(F)cc1. The Balaban J connectivity index is 1.85. The molecule has 1 unspecified atom stereocenters. The number of ether oxygens (including phenoxy) is 1. The van der Waals surface area contributed by atoms with Crippen LogP contribution in [0.4, 0.5) is 4.39 Å². The second kappa shape index (κ2) is 8.85. The molecule has 0 aliphatic heterocycles. The topological polar surface area (TPSA) is 76.4 Å². The van der Waals surface area contributed by atoms with E-state index in [1.165, 1.54) is 12.1 Å². The molecular formula is C16H23FN6O. The Morgan fingerprint density at radius 2 is 2.08 bits per heavy atom. The molecular weight excluding hydrogens is 311 g/mol. The van der Waals surface area contributed by atoms with Crippen LogP contribution in [0.25, 0.3) is 0 Å². The lowest BCUT2D eigenvalue weighted by Gasteiger charge is -2.17. The van der Waals surface area contributed by atoms with Crippen molar-refractivity contribution in [3.05, 3.63) is 42.2 Å². The molecule has 0 saturated carbocycles. The smallest absolute Gasteiger partial charge is 0.191 e. The van der Waals surface area contributed by atoms with Crippen LogP contribution in [0, 0.1) is 5.82 Å². The van der Waals surface area contributed by atoms with Gasteiger partial charge in [0.2, 0.25) is 0 Å². The van der Waals surface area contributed by atoms with E-state index in [0.717, 1.165) is 12.4 Å². The number of halogens is 1. The quantitative estimate of drug-likeness (QED) is 0.592. The maximum atomic E-state index is 12.9. The van der Waals surface area contributed by atoms with Crippen LogP contribution < -0.4 is 15.4 Å². The summed E-state index contributed by atoms with van der Waals surface area (Å²) in [5.41, 5.74) is 0. The molecule has 1 heterocycles.